The van der Waals surface area contributed by atoms with E-state index in [1.807, 2.05) is 6.92 Å². The lowest BCUT2D eigenvalue weighted by Gasteiger charge is -2.07. The number of ether oxygens (including phenoxy) is 1. The summed E-state index contributed by atoms with van der Waals surface area (Å²) in [5.74, 6) is -0.169. The molecule has 0 aromatic heterocycles. The summed E-state index contributed by atoms with van der Waals surface area (Å²) >= 11 is 5.78. The van der Waals surface area contributed by atoms with Crippen molar-refractivity contribution in [2.75, 3.05) is 19.0 Å². The molecule has 0 radical (unpaired) electrons. The lowest BCUT2D eigenvalue weighted by atomic mass is 10.2. The third-order valence-corrected chi connectivity index (χ3v) is 1.97. The van der Waals surface area contributed by atoms with Gasteiger partial charge in [0.2, 0.25) is 5.91 Å². The van der Waals surface area contributed by atoms with Crippen LogP contribution < -0.4 is 5.32 Å². The minimum atomic E-state index is -0.169. The lowest BCUT2D eigenvalue weighted by molar-refractivity contribution is -0.119. The first kappa shape index (κ1) is 11.0. The largest absolute Gasteiger partial charge is 0.375 e. The Hall–Kier alpha value is -1.06. The molecule has 0 saturated heterocycles. The minimum absolute atomic E-state index is 0.0576. The molecule has 1 amide bonds. The van der Waals surface area contributed by atoms with Crippen LogP contribution in [0, 0.1) is 6.92 Å². The van der Waals surface area contributed by atoms with Gasteiger partial charge in [0.1, 0.15) is 6.61 Å². The number of nitrogens with one attached hydrogen (secondary N) is 1. The maximum Gasteiger partial charge on any atom is 0.250 e. The van der Waals surface area contributed by atoms with E-state index in [1.54, 1.807) is 18.2 Å². The van der Waals surface area contributed by atoms with Crippen LogP contribution in [0.3, 0.4) is 0 Å². The summed E-state index contributed by atoms with van der Waals surface area (Å²) in [7, 11) is 1.48. The first-order valence-corrected chi connectivity index (χ1v) is 4.56. The van der Waals surface area contributed by atoms with Gasteiger partial charge in [0, 0.05) is 17.8 Å². The zero-order valence-electron chi connectivity index (χ0n) is 8.13. The van der Waals surface area contributed by atoms with E-state index in [4.69, 9.17) is 16.3 Å². The maximum atomic E-state index is 11.2. The van der Waals surface area contributed by atoms with Crippen molar-refractivity contribution < 1.29 is 9.53 Å². The number of anilines is 1. The topological polar surface area (TPSA) is 38.3 Å². The normalized spacial score (nSPS) is 9.93. The number of carbonyl (C=O) groups is 1. The molecule has 0 spiro atoms. The van der Waals surface area contributed by atoms with E-state index in [1.165, 1.54) is 7.11 Å². The Kier molecular flexibility index (Phi) is 3.92. The first-order valence-electron chi connectivity index (χ1n) is 4.18. The van der Waals surface area contributed by atoms with E-state index in [2.05, 4.69) is 5.32 Å². The van der Waals surface area contributed by atoms with Crippen molar-refractivity contribution in [3.8, 4) is 0 Å². The van der Waals surface area contributed by atoms with Crippen molar-refractivity contribution >= 4 is 23.2 Å². The highest BCUT2D eigenvalue weighted by atomic mass is 35.5. The fourth-order valence-corrected chi connectivity index (χ4v) is 1.31. The van der Waals surface area contributed by atoms with Crippen molar-refractivity contribution in [3.63, 3.8) is 0 Å². The highest BCUT2D eigenvalue weighted by Crippen LogP contribution is 2.19. The average molecular weight is 214 g/mol. The van der Waals surface area contributed by atoms with Crippen molar-refractivity contribution in [1.82, 2.24) is 0 Å². The predicted molar refractivity (Wildman–Crippen MR) is 56.7 cm³/mol. The summed E-state index contributed by atoms with van der Waals surface area (Å²) in [5, 5.41) is 3.38. The fraction of sp³-hybridized carbons (Fsp3) is 0.300. The molecule has 14 heavy (non-hydrogen) atoms. The fourth-order valence-electron chi connectivity index (χ4n) is 1.08. The molecular formula is C10H12ClNO2. The van der Waals surface area contributed by atoms with Gasteiger partial charge in [-0.05, 0) is 30.7 Å². The van der Waals surface area contributed by atoms with E-state index in [9.17, 15) is 4.79 Å². The molecule has 0 aliphatic heterocycles. The van der Waals surface area contributed by atoms with Gasteiger partial charge < -0.3 is 10.1 Å². The van der Waals surface area contributed by atoms with Crippen molar-refractivity contribution in [2.45, 2.75) is 6.92 Å². The molecule has 0 unspecified atom stereocenters. The number of rotatable bonds is 3. The molecule has 76 valence electrons. The molecule has 0 aliphatic rings. The van der Waals surface area contributed by atoms with Gasteiger partial charge in [0.15, 0.2) is 0 Å². The second-order valence-corrected chi connectivity index (χ2v) is 3.38. The van der Waals surface area contributed by atoms with Crippen LogP contribution in [0.2, 0.25) is 5.02 Å². The van der Waals surface area contributed by atoms with E-state index in [0.29, 0.717) is 5.02 Å². The Labute approximate surface area is 88.0 Å². The summed E-state index contributed by atoms with van der Waals surface area (Å²) in [5.41, 5.74) is 1.69. The van der Waals surface area contributed by atoms with Gasteiger partial charge in [0.05, 0.1) is 0 Å². The van der Waals surface area contributed by atoms with Crippen LogP contribution >= 0.6 is 11.6 Å². The van der Waals surface area contributed by atoms with Crippen LogP contribution in [0.15, 0.2) is 18.2 Å². The van der Waals surface area contributed by atoms with Crippen molar-refractivity contribution in [1.29, 1.82) is 0 Å². The monoisotopic (exact) mass is 213 g/mol. The summed E-state index contributed by atoms with van der Waals surface area (Å²) in [6.45, 7) is 1.94. The molecule has 0 aliphatic carbocycles. The number of benzene rings is 1. The number of aryl methyl sites for hydroxylation is 1. The zero-order chi connectivity index (χ0) is 10.6. The van der Waals surface area contributed by atoms with Crippen LogP contribution in [0.1, 0.15) is 5.56 Å². The molecule has 1 N–H and O–H groups in total. The van der Waals surface area contributed by atoms with Gasteiger partial charge in [-0.2, -0.15) is 0 Å². The minimum Gasteiger partial charge on any atom is -0.375 e. The Balaban J connectivity index is 2.72. The quantitative estimate of drug-likeness (QED) is 0.836. The second-order valence-electron chi connectivity index (χ2n) is 2.94. The van der Waals surface area contributed by atoms with Crippen LogP contribution in [-0.2, 0) is 9.53 Å². The molecule has 1 aromatic carbocycles. The number of halogens is 1. The van der Waals surface area contributed by atoms with E-state index in [0.717, 1.165) is 11.3 Å². The molecule has 0 bridgehead atoms. The number of amides is 1. The van der Waals surface area contributed by atoms with E-state index in [-0.39, 0.29) is 12.5 Å². The first-order chi connectivity index (χ1) is 6.63. The Bertz CT molecular complexity index is 339. The van der Waals surface area contributed by atoms with Crippen molar-refractivity contribution in [3.05, 3.63) is 28.8 Å². The number of hydrogen-bond donors (Lipinski definition) is 1. The molecule has 0 heterocycles. The third-order valence-electron chi connectivity index (χ3n) is 1.74. The van der Waals surface area contributed by atoms with Gasteiger partial charge in [-0.15, -0.1) is 0 Å². The van der Waals surface area contributed by atoms with Gasteiger partial charge in [-0.3, -0.25) is 4.79 Å². The molecule has 0 atom stereocenters. The van der Waals surface area contributed by atoms with Crippen molar-refractivity contribution in [2.24, 2.45) is 0 Å². The van der Waals surface area contributed by atoms with Gasteiger partial charge in [0.25, 0.3) is 0 Å². The number of methoxy groups -OCH3 is 1. The Morgan fingerprint density at radius 2 is 2.29 bits per heavy atom. The van der Waals surface area contributed by atoms with Gasteiger partial charge >= 0.3 is 0 Å². The number of carbonyl (C=O) groups excluding carboxylic acids is 1. The Morgan fingerprint density at radius 1 is 1.57 bits per heavy atom. The smallest absolute Gasteiger partial charge is 0.250 e. The van der Waals surface area contributed by atoms with Gasteiger partial charge in [-0.1, -0.05) is 11.6 Å². The molecule has 1 rings (SSSR count). The van der Waals surface area contributed by atoms with Crippen LogP contribution in [0.4, 0.5) is 5.69 Å². The standard InChI is InChI=1S/C10H12ClNO2/c1-7-5-8(11)3-4-9(7)12-10(13)6-14-2/h3-5H,6H2,1-2H3,(H,12,13). The summed E-state index contributed by atoms with van der Waals surface area (Å²) in [6.07, 6.45) is 0. The summed E-state index contributed by atoms with van der Waals surface area (Å²) in [6, 6.07) is 5.30. The molecule has 4 heteroatoms. The highest BCUT2D eigenvalue weighted by Gasteiger charge is 2.03. The maximum absolute atomic E-state index is 11.2. The lowest BCUT2D eigenvalue weighted by Crippen LogP contribution is -2.17. The van der Waals surface area contributed by atoms with Crippen LogP contribution in [0.25, 0.3) is 0 Å². The molecule has 1 aromatic rings. The average Bonchev–Trinajstić information content (AvgIpc) is 2.10. The highest BCUT2D eigenvalue weighted by molar-refractivity contribution is 6.30. The van der Waals surface area contributed by atoms with Crippen LogP contribution in [0.5, 0.6) is 0 Å². The Morgan fingerprint density at radius 3 is 2.86 bits per heavy atom. The third kappa shape index (κ3) is 3.01. The summed E-state index contributed by atoms with van der Waals surface area (Å²) < 4.78 is 4.70. The summed E-state index contributed by atoms with van der Waals surface area (Å²) in [4.78, 5) is 11.2. The van der Waals surface area contributed by atoms with E-state index < -0.39 is 0 Å². The van der Waals surface area contributed by atoms with Gasteiger partial charge in [-0.25, -0.2) is 0 Å². The zero-order valence-corrected chi connectivity index (χ0v) is 8.89. The molecular weight excluding hydrogens is 202 g/mol. The SMILES string of the molecule is COCC(=O)Nc1ccc(Cl)cc1C. The second kappa shape index (κ2) is 4.98. The molecule has 0 fully saturated rings. The molecule has 0 saturated carbocycles. The molecule has 3 nitrogen and oxygen atoms in total. The number of hydrogen-bond acceptors (Lipinski definition) is 2. The predicted octanol–water partition coefficient (Wildman–Crippen LogP) is 2.23. The van der Waals surface area contributed by atoms with E-state index >= 15 is 0 Å². The van der Waals surface area contributed by atoms with Crippen LogP contribution in [-0.4, -0.2) is 19.6 Å².